The lowest BCUT2D eigenvalue weighted by atomic mass is 10.1. The van der Waals surface area contributed by atoms with Crippen LogP contribution in [0, 0.1) is 0 Å². The average Bonchev–Trinajstić information content (AvgIpc) is 2.86. The second kappa shape index (κ2) is 6.43. The molecule has 0 aromatic carbocycles. The van der Waals surface area contributed by atoms with Crippen LogP contribution in [0.4, 0.5) is 0 Å². The summed E-state index contributed by atoms with van der Waals surface area (Å²) < 4.78 is 1.98. The van der Waals surface area contributed by atoms with Crippen LogP contribution in [-0.2, 0) is 17.8 Å². The number of halogens is 1. The lowest BCUT2D eigenvalue weighted by Crippen LogP contribution is -2.38. The first-order valence-electron chi connectivity index (χ1n) is 7.42. The van der Waals surface area contributed by atoms with E-state index in [2.05, 4.69) is 9.97 Å². The number of hydrogen-bond acceptors (Lipinski definition) is 3. The lowest BCUT2D eigenvalue weighted by molar-refractivity contribution is -0.132. The van der Waals surface area contributed by atoms with E-state index < -0.39 is 0 Å². The summed E-state index contributed by atoms with van der Waals surface area (Å²) >= 11 is 5.86. The van der Waals surface area contributed by atoms with Gasteiger partial charge in [0.15, 0.2) is 0 Å². The minimum Gasteiger partial charge on any atom is -0.341 e. The molecule has 0 aliphatic carbocycles. The van der Waals surface area contributed by atoms with Crippen molar-refractivity contribution in [3.63, 3.8) is 0 Å². The average molecular weight is 307 g/mol. The first-order chi connectivity index (χ1) is 10.3. The molecular weight excluding hydrogens is 288 g/mol. The van der Waals surface area contributed by atoms with Crippen LogP contribution in [-0.4, -0.2) is 44.3 Å². The minimum absolute atomic E-state index is 0.168. The molecule has 1 fully saturated rings. The van der Waals surface area contributed by atoms with E-state index in [-0.39, 0.29) is 5.91 Å². The van der Waals surface area contributed by atoms with Gasteiger partial charge < -0.3 is 9.47 Å². The molecule has 2 aromatic heterocycles. The number of rotatable bonds is 4. The Balaban J connectivity index is 1.87. The predicted molar refractivity (Wildman–Crippen MR) is 82.4 cm³/mol. The Morgan fingerprint density at radius 2 is 2.10 bits per heavy atom. The number of carbonyl (C=O) groups is 1. The zero-order valence-electron chi connectivity index (χ0n) is 12.0. The monoisotopic (exact) mass is 306 g/mol. The van der Waals surface area contributed by atoms with Gasteiger partial charge in [-0.25, -0.2) is 4.98 Å². The molecule has 0 N–H and O–H groups in total. The standard InChI is InChI=1S/C15H19ClN4O/c16-6-4-14-18-12-10-17-7-5-13(12)20(14)11-15(21)19-8-2-1-3-9-19/h5,7,10H,1-4,6,8-9,11H2. The molecule has 0 bridgehead atoms. The van der Waals surface area contributed by atoms with Crippen molar-refractivity contribution in [1.82, 2.24) is 19.4 Å². The van der Waals surface area contributed by atoms with Crippen molar-refractivity contribution in [1.29, 1.82) is 0 Å². The van der Waals surface area contributed by atoms with Gasteiger partial charge in [-0.3, -0.25) is 9.78 Å². The maximum absolute atomic E-state index is 12.5. The Morgan fingerprint density at radius 3 is 2.86 bits per heavy atom. The van der Waals surface area contributed by atoms with Gasteiger partial charge in [-0.1, -0.05) is 0 Å². The molecule has 5 nitrogen and oxygen atoms in total. The smallest absolute Gasteiger partial charge is 0.242 e. The number of carbonyl (C=O) groups excluding carboxylic acids is 1. The number of hydrogen-bond donors (Lipinski definition) is 0. The summed E-state index contributed by atoms with van der Waals surface area (Å²) in [6.07, 6.45) is 7.56. The van der Waals surface area contributed by atoms with Crippen LogP contribution in [0.2, 0.25) is 0 Å². The molecule has 3 rings (SSSR count). The number of fused-ring (bicyclic) bond motifs is 1. The number of pyridine rings is 1. The van der Waals surface area contributed by atoms with Crippen LogP contribution in [0.5, 0.6) is 0 Å². The third-order valence-corrected chi connectivity index (χ3v) is 4.14. The Bertz CT molecular complexity index is 634. The Kier molecular flexibility index (Phi) is 4.39. The molecular formula is C15H19ClN4O. The number of aromatic nitrogens is 3. The van der Waals surface area contributed by atoms with Crippen LogP contribution in [0.15, 0.2) is 18.5 Å². The van der Waals surface area contributed by atoms with Crippen molar-refractivity contribution < 1.29 is 4.79 Å². The maximum Gasteiger partial charge on any atom is 0.242 e. The van der Waals surface area contributed by atoms with Crippen molar-refractivity contribution in [3.05, 3.63) is 24.3 Å². The fourth-order valence-corrected chi connectivity index (χ4v) is 3.03. The third-order valence-electron chi connectivity index (χ3n) is 3.95. The summed E-state index contributed by atoms with van der Waals surface area (Å²) in [6.45, 7) is 2.09. The first kappa shape index (κ1) is 14.3. The summed E-state index contributed by atoms with van der Waals surface area (Å²) in [5, 5.41) is 0. The summed E-state index contributed by atoms with van der Waals surface area (Å²) in [7, 11) is 0. The normalized spacial score (nSPS) is 15.6. The molecule has 1 saturated heterocycles. The highest BCUT2D eigenvalue weighted by Gasteiger charge is 2.19. The fourth-order valence-electron chi connectivity index (χ4n) is 2.86. The van der Waals surface area contributed by atoms with Gasteiger partial charge in [0.2, 0.25) is 5.91 Å². The molecule has 1 amide bonds. The molecule has 112 valence electrons. The molecule has 0 saturated carbocycles. The number of likely N-dealkylation sites (tertiary alicyclic amines) is 1. The van der Waals surface area contributed by atoms with Crippen molar-refractivity contribution in [3.8, 4) is 0 Å². The van der Waals surface area contributed by atoms with E-state index in [1.807, 2.05) is 15.5 Å². The maximum atomic E-state index is 12.5. The fraction of sp³-hybridized carbons (Fsp3) is 0.533. The minimum atomic E-state index is 0.168. The van der Waals surface area contributed by atoms with Gasteiger partial charge in [0.05, 0.1) is 11.7 Å². The third kappa shape index (κ3) is 3.02. The molecule has 3 heterocycles. The Labute approximate surface area is 128 Å². The quantitative estimate of drug-likeness (QED) is 0.814. The first-order valence-corrected chi connectivity index (χ1v) is 7.96. The number of nitrogens with zero attached hydrogens (tertiary/aromatic N) is 4. The van der Waals surface area contributed by atoms with Crippen LogP contribution in [0.3, 0.4) is 0 Å². The second-order valence-corrected chi connectivity index (χ2v) is 5.74. The van der Waals surface area contributed by atoms with Gasteiger partial charge in [0.1, 0.15) is 17.9 Å². The highest BCUT2D eigenvalue weighted by atomic mass is 35.5. The van der Waals surface area contributed by atoms with E-state index in [1.54, 1.807) is 12.4 Å². The van der Waals surface area contributed by atoms with Gasteiger partial charge in [-0.15, -0.1) is 11.6 Å². The zero-order valence-corrected chi connectivity index (χ0v) is 12.7. The number of aryl methyl sites for hydroxylation is 1. The molecule has 0 atom stereocenters. The van der Waals surface area contributed by atoms with Crippen LogP contribution in [0.25, 0.3) is 11.0 Å². The molecule has 0 spiro atoms. The van der Waals surface area contributed by atoms with E-state index in [0.717, 1.165) is 42.8 Å². The molecule has 0 unspecified atom stereocenters. The number of piperidine rings is 1. The van der Waals surface area contributed by atoms with Crippen molar-refractivity contribution in [2.45, 2.75) is 32.2 Å². The Morgan fingerprint density at radius 1 is 1.29 bits per heavy atom. The van der Waals surface area contributed by atoms with E-state index in [4.69, 9.17) is 11.6 Å². The van der Waals surface area contributed by atoms with Crippen LogP contribution in [0.1, 0.15) is 25.1 Å². The van der Waals surface area contributed by atoms with E-state index in [0.29, 0.717) is 18.8 Å². The SMILES string of the molecule is O=C(Cn1c(CCCl)nc2cnccc21)N1CCCCC1. The molecule has 1 aliphatic rings. The summed E-state index contributed by atoms with van der Waals surface area (Å²) in [4.78, 5) is 23.1. The molecule has 21 heavy (non-hydrogen) atoms. The van der Waals surface area contributed by atoms with Crippen molar-refractivity contribution in [2.24, 2.45) is 0 Å². The van der Waals surface area contributed by atoms with Gasteiger partial charge in [-0.2, -0.15) is 0 Å². The van der Waals surface area contributed by atoms with Crippen molar-refractivity contribution >= 4 is 28.5 Å². The van der Waals surface area contributed by atoms with E-state index in [9.17, 15) is 4.79 Å². The van der Waals surface area contributed by atoms with Gasteiger partial charge >= 0.3 is 0 Å². The number of alkyl halides is 1. The molecule has 1 aliphatic heterocycles. The highest BCUT2D eigenvalue weighted by molar-refractivity contribution is 6.17. The summed E-state index contributed by atoms with van der Waals surface area (Å²) in [5.74, 6) is 1.52. The Hall–Kier alpha value is -1.62. The lowest BCUT2D eigenvalue weighted by Gasteiger charge is -2.27. The molecule has 6 heteroatoms. The largest absolute Gasteiger partial charge is 0.341 e. The second-order valence-electron chi connectivity index (χ2n) is 5.36. The van der Waals surface area contributed by atoms with E-state index in [1.165, 1.54) is 6.42 Å². The van der Waals surface area contributed by atoms with Gasteiger partial charge in [0, 0.05) is 31.6 Å². The highest BCUT2D eigenvalue weighted by Crippen LogP contribution is 2.17. The van der Waals surface area contributed by atoms with Gasteiger partial charge in [0.25, 0.3) is 0 Å². The predicted octanol–water partition coefficient (Wildman–Crippen LogP) is 2.23. The molecule has 0 radical (unpaired) electrons. The van der Waals surface area contributed by atoms with Crippen LogP contribution < -0.4 is 0 Å². The number of amides is 1. The summed E-state index contributed by atoms with van der Waals surface area (Å²) in [5.41, 5.74) is 1.78. The number of imidazole rings is 1. The van der Waals surface area contributed by atoms with Gasteiger partial charge in [-0.05, 0) is 25.3 Å². The molecule has 2 aromatic rings. The summed E-state index contributed by atoms with van der Waals surface area (Å²) in [6, 6.07) is 1.91. The van der Waals surface area contributed by atoms with Crippen molar-refractivity contribution in [2.75, 3.05) is 19.0 Å². The van der Waals surface area contributed by atoms with Crippen LogP contribution >= 0.6 is 11.6 Å². The zero-order chi connectivity index (χ0) is 14.7. The van der Waals surface area contributed by atoms with E-state index >= 15 is 0 Å². The topological polar surface area (TPSA) is 51.0 Å².